The zero-order valence-electron chi connectivity index (χ0n) is 17.9. The molecule has 4 aromatic carbocycles. The van der Waals surface area contributed by atoms with Crippen molar-refractivity contribution in [3.8, 4) is 0 Å². The molecule has 6 rings (SSSR count). The molecule has 2 aliphatic rings. The largest absolute Gasteiger partial charge is 0.417 e. The van der Waals surface area contributed by atoms with Gasteiger partial charge in [0, 0.05) is 11.1 Å². The fourth-order valence-electron chi connectivity index (χ4n) is 5.57. The first-order chi connectivity index (χ1) is 16.6. The molecule has 0 amide bonds. The Labute approximate surface area is 196 Å². The molecule has 4 aromatic rings. The van der Waals surface area contributed by atoms with Crippen LogP contribution in [0.25, 0.3) is 0 Å². The van der Waals surface area contributed by atoms with Crippen molar-refractivity contribution in [2.75, 3.05) is 0 Å². The molecule has 2 aliphatic heterocycles. The second-order valence-electron chi connectivity index (χ2n) is 8.68. The first kappa shape index (κ1) is 21.9. The number of halogens is 6. The number of fused-ring (bicyclic) bond motifs is 8. The van der Waals surface area contributed by atoms with Crippen molar-refractivity contribution in [1.29, 1.82) is 0 Å². The third kappa shape index (κ3) is 2.82. The topological polar surface area (TPSA) is 9.23 Å². The highest BCUT2D eigenvalue weighted by Gasteiger charge is 2.65. The highest BCUT2D eigenvalue weighted by Crippen LogP contribution is 2.66. The molecular weight excluding hydrogens is 466 g/mol. The summed E-state index contributed by atoms with van der Waals surface area (Å²) >= 11 is 0. The summed E-state index contributed by atoms with van der Waals surface area (Å²) in [5, 5.41) is 0. The third-order valence-electron chi connectivity index (χ3n) is 6.88. The molecule has 0 aromatic heterocycles. The minimum atomic E-state index is -5.21. The standard InChI is InChI=1S/C28H16F6O/c29-27(30,31)23-15-21-22(16-24(23)28(32,33)34)26(18-11-5-2-6-12-18)20-14-8-7-13-19(20)25(21,35-26)17-9-3-1-4-10-17/h1-16H. The molecule has 0 saturated carbocycles. The minimum absolute atomic E-state index is 0.0616. The molecule has 0 N–H and O–H groups in total. The molecule has 35 heavy (non-hydrogen) atoms. The van der Waals surface area contributed by atoms with Crippen LogP contribution in [0.2, 0.25) is 0 Å². The van der Waals surface area contributed by atoms with Gasteiger partial charge in [0.15, 0.2) is 0 Å². The van der Waals surface area contributed by atoms with Crippen LogP contribution in [0, 0.1) is 0 Å². The molecular formula is C28H16F6O. The van der Waals surface area contributed by atoms with Crippen molar-refractivity contribution in [1.82, 2.24) is 0 Å². The molecule has 0 fully saturated rings. The van der Waals surface area contributed by atoms with Gasteiger partial charge in [0.1, 0.15) is 11.2 Å². The average Bonchev–Trinajstić information content (AvgIpc) is 3.33. The number of benzene rings is 4. The predicted molar refractivity (Wildman–Crippen MR) is 117 cm³/mol. The van der Waals surface area contributed by atoms with E-state index in [4.69, 9.17) is 4.74 Å². The molecule has 0 saturated heterocycles. The number of rotatable bonds is 2. The molecule has 7 heteroatoms. The van der Waals surface area contributed by atoms with Gasteiger partial charge in [-0.1, -0.05) is 84.9 Å². The van der Waals surface area contributed by atoms with Gasteiger partial charge in [-0.3, -0.25) is 0 Å². The second kappa shape index (κ2) is 6.98. The van der Waals surface area contributed by atoms with E-state index in [-0.39, 0.29) is 11.1 Å². The van der Waals surface area contributed by atoms with Gasteiger partial charge in [-0.25, -0.2) is 0 Å². The van der Waals surface area contributed by atoms with Crippen molar-refractivity contribution in [3.05, 3.63) is 142 Å². The Morgan fingerprint density at radius 2 is 0.800 bits per heavy atom. The number of hydrogen-bond donors (Lipinski definition) is 0. The molecule has 0 spiro atoms. The highest BCUT2D eigenvalue weighted by atomic mass is 19.4. The van der Waals surface area contributed by atoms with Crippen LogP contribution in [-0.4, -0.2) is 0 Å². The van der Waals surface area contributed by atoms with Gasteiger partial charge in [0.05, 0.1) is 11.1 Å². The van der Waals surface area contributed by atoms with E-state index in [0.717, 1.165) is 0 Å². The summed E-state index contributed by atoms with van der Waals surface area (Å²) in [7, 11) is 0. The molecule has 176 valence electrons. The fourth-order valence-corrected chi connectivity index (χ4v) is 5.57. The van der Waals surface area contributed by atoms with Crippen LogP contribution in [0.15, 0.2) is 97.1 Å². The monoisotopic (exact) mass is 482 g/mol. The van der Waals surface area contributed by atoms with Crippen molar-refractivity contribution in [2.45, 2.75) is 23.6 Å². The molecule has 0 radical (unpaired) electrons. The van der Waals surface area contributed by atoms with Gasteiger partial charge >= 0.3 is 12.4 Å². The van der Waals surface area contributed by atoms with Gasteiger partial charge in [-0.2, -0.15) is 26.3 Å². The Bertz CT molecular complexity index is 1330. The lowest BCUT2D eigenvalue weighted by Crippen LogP contribution is -2.29. The molecule has 1 nitrogen and oxygen atoms in total. The van der Waals surface area contributed by atoms with E-state index in [2.05, 4.69) is 0 Å². The van der Waals surface area contributed by atoms with Gasteiger partial charge in [-0.15, -0.1) is 0 Å². The van der Waals surface area contributed by atoms with Gasteiger partial charge in [0.25, 0.3) is 0 Å². The highest BCUT2D eigenvalue weighted by molar-refractivity contribution is 5.71. The van der Waals surface area contributed by atoms with E-state index in [9.17, 15) is 26.3 Å². The first-order valence-corrected chi connectivity index (χ1v) is 10.8. The molecule has 2 unspecified atom stereocenters. The third-order valence-corrected chi connectivity index (χ3v) is 6.88. The quantitative estimate of drug-likeness (QED) is 0.267. The predicted octanol–water partition coefficient (Wildman–Crippen LogP) is 7.65. The van der Waals surface area contributed by atoms with E-state index >= 15 is 0 Å². The summed E-state index contributed by atoms with van der Waals surface area (Å²) in [6.45, 7) is 0. The molecule has 2 bridgehead atoms. The molecule has 2 heterocycles. The van der Waals surface area contributed by atoms with Crippen molar-refractivity contribution in [2.24, 2.45) is 0 Å². The zero-order chi connectivity index (χ0) is 24.6. The lowest BCUT2D eigenvalue weighted by molar-refractivity contribution is -0.162. The summed E-state index contributed by atoms with van der Waals surface area (Å²) in [5.41, 5.74) is -4.05. The summed E-state index contributed by atoms with van der Waals surface area (Å²) in [5.74, 6) is 0. The van der Waals surface area contributed by atoms with E-state index in [0.29, 0.717) is 34.4 Å². The lowest BCUT2D eigenvalue weighted by atomic mass is 9.67. The van der Waals surface area contributed by atoms with Crippen molar-refractivity contribution >= 4 is 0 Å². The normalized spacial score (nSPS) is 22.7. The van der Waals surface area contributed by atoms with Crippen LogP contribution in [0.5, 0.6) is 0 Å². The van der Waals surface area contributed by atoms with Crippen LogP contribution >= 0.6 is 0 Å². The van der Waals surface area contributed by atoms with Crippen LogP contribution in [0.1, 0.15) is 44.5 Å². The summed E-state index contributed by atoms with van der Waals surface area (Å²) in [4.78, 5) is 0. The van der Waals surface area contributed by atoms with Crippen LogP contribution in [0.4, 0.5) is 26.3 Å². The lowest BCUT2D eigenvalue weighted by Gasteiger charge is -2.32. The van der Waals surface area contributed by atoms with E-state index in [1.165, 1.54) is 0 Å². The maximum Gasteiger partial charge on any atom is 0.417 e. The van der Waals surface area contributed by atoms with E-state index in [1.54, 1.807) is 84.9 Å². The minimum Gasteiger partial charge on any atom is -0.340 e. The van der Waals surface area contributed by atoms with Crippen molar-refractivity contribution in [3.63, 3.8) is 0 Å². The van der Waals surface area contributed by atoms with Gasteiger partial charge in [0.2, 0.25) is 0 Å². The Morgan fingerprint density at radius 3 is 1.14 bits per heavy atom. The van der Waals surface area contributed by atoms with E-state index < -0.39 is 34.7 Å². The Hall–Kier alpha value is -3.58. The maximum absolute atomic E-state index is 14.0. The number of hydrogen-bond acceptors (Lipinski definition) is 1. The summed E-state index contributed by atoms with van der Waals surface area (Å²) < 4.78 is 90.7. The van der Waals surface area contributed by atoms with Crippen molar-refractivity contribution < 1.29 is 31.1 Å². The smallest absolute Gasteiger partial charge is 0.340 e. The average molecular weight is 482 g/mol. The fraction of sp³-hybridized carbons (Fsp3) is 0.143. The number of alkyl halides is 6. The van der Waals surface area contributed by atoms with Crippen LogP contribution < -0.4 is 0 Å². The first-order valence-electron chi connectivity index (χ1n) is 10.8. The Balaban J connectivity index is 1.81. The van der Waals surface area contributed by atoms with Crippen LogP contribution in [-0.2, 0) is 28.3 Å². The Morgan fingerprint density at radius 1 is 0.457 bits per heavy atom. The van der Waals surface area contributed by atoms with E-state index in [1.807, 2.05) is 0 Å². The Kier molecular flexibility index (Phi) is 4.37. The SMILES string of the molecule is FC(F)(F)c1cc2c(cc1C(F)(F)F)C1(c3ccccc3)OC2(c2ccccc2)c2ccccc21. The van der Waals surface area contributed by atoms with Crippen LogP contribution in [0.3, 0.4) is 0 Å². The maximum atomic E-state index is 14.0. The van der Waals surface area contributed by atoms with Gasteiger partial charge in [-0.05, 0) is 34.4 Å². The number of ether oxygens (including phenoxy) is 1. The summed E-state index contributed by atoms with van der Waals surface area (Å²) in [6, 6.07) is 25.6. The zero-order valence-corrected chi connectivity index (χ0v) is 17.9. The molecule has 0 aliphatic carbocycles. The van der Waals surface area contributed by atoms with Gasteiger partial charge < -0.3 is 4.74 Å². The molecule has 2 atom stereocenters. The summed E-state index contributed by atoms with van der Waals surface area (Å²) in [6.07, 6.45) is -10.4. The second-order valence-corrected chi connectivity index (χ2v) is 8.68.